The van der Waals surface area contributed by atoms with E-state index < -0.39 is 23.7 Å². The van der Waals surface area contributed by atoms with Gasteiger partial charge in [-0.05, 0) is 30.2 Å². The summed E-state index contributed by atoms with van der Waals surface area (Å²) in [5.41, 5.74) is 0.436. The molecular weight excluding hydrogens is 409 g/mol. The molecule has 0 aliphatic rings. The topological polar surface area (TPSA) is 88.5 Å². The largest absolute Gasteiger partial charge is 0.418 e. The summed E-state index contributed by atoms with van der Waals surface area (Å²) in [7, 11) is 0. The fourth-order valence-corrected chi connectivity index (χ4v) is 3.28. The second-order valence-corrected chi connectivity index (χ2v) is 7.40. The van der Waals surface area contributed by atoms with Crippen LogP contribution in [0.25, 0.3) is 16.7 Å². The summed E-state index contributed by atoms with van der Waals surface area (Å²) >= 11 is 0. The summed E-state index contributed by atoms with van der Waals surface area (Å²) < 4.78 is 40.8. The predicted molar refractivity (Wildman–Crippen MR) is 107 cm³/mol. The third-order valence-electron chi connectivity index (χ3n) is 4.84. The number of halogens is 3. The first-order valence-corrected chi connectivity index (χ1v) is 9.58. The first kappa shape index (κ1) is 20.6. The molecule has 7 nitrogen and oxygen atoms in total. The minimum absolute atomic E-state index is 0.00878. The van der Waals surface area contributed by atoms with Crippen molar-refractivity contribution in [1.29, 1.82) is 0 Å². The molecule has 2 aromatic heterocycles. The van der Waals surface area contributed by atoms with E-state index >= 15 is 0 Å². The minimum atomic E-state index is -4.56. The molecule has 0 bridgehead atoms. The van der Waals surface area contributed by atoms with Gasteiger partial charge in [-0.25, -0.2) is 9.67 Å². The average Bonchev–Trinajstić information content (AvgIpc) is 3.38. The molecule has 1 atom stereocenters. The molecule has 10 heteroatoms. The minimum Gasteiger partial charge on any atom is -0.340 e. The summed E-state index contributed by atoms with van der Waals surface area (Å²) in [6.07, 6.45) is -3.38. The van der Waals surface area contributed by atoms with E-state index in [0.717, 1.165) is 21.8 Å². The van der Waals surface area contributed by atoms with Gasteiger partial charge in [-0.1, -0.05) is 43.3 Å². The van der Waals surface area contributed by atoms with Crippen molar-refractivity contribution in [2.24, 2.45) is 5.92 Å². The van der Waals surface area contributed by atoms with E-state index in [2.05, 4.69) is 25.6 Å². The molecule has 4 aromatic rings. The van der Waals surface area contributed by atoms with Crippen molar-refractivity contribution in [3.8, 4) is 5.69 Å². The van der Waals surface area contributed by atoms with Crippen molar-refractivity contribution in [1.82, 2.24) is 30.3 Å². The number of nitrogens with zero attached hydrogens (tertiary/aromatic N) is 4. The molecule has 2 N–H and O–H groups in total. The Hall–Kier alpha value is -3.69. The van der Waals surface area contributed by atoms with Crippen LogP contribution >= 0.6 is 0 Å². The molecule has 0 spiro atoms. The Bertz CT molecular complexity index is 1190. The van der Waals surface area contributed by atoms with E-state index in [0.29, 0.717) is 5.82 Å². The normalized spacial score (nSPS) is 13.0. The molecule has 2 heterocycles. The van der Waals surface area contributed by atoms with Gasteiger partial charge < -0.3 is 10.3 Å². The summed E-state index contributed by atoms with van der Waals surface area (Å²) in [6, 6.07) is 12.0. The maximum atomic E-state index is 13.3. The molecule has 1 amide bonds. The van der Waals surface area contributed by atoms with Gasteiger partial charge in [0, 0.05) is 0 Å². The fourth-order valence-electron chi connectivity index (χ4n) is 3.28. The number of carbonyl (C=O) groups excluding carboxylic acids is 1. The van der Waals surface area contributed by atoms with Gasteiger partial charge in [0.15, 0.2) is 5.69 Å². The van der Waals surface area contributed by atoms with Gasteiger partial charge in [0.2, 0.25) is 0 Å². The smallest absolute Gasteiger partial charge is 0.340 e. The molecule has 0 saturated heterocycles. The number of fused-ring (bicyclic) bond motifs is 1. The van der Waals surface area contributed by atoms with E-state index in [1.807, 2.05) is 38.1 Å². The van der Waals surface area contributed by atoms with E-state index in [1.54, 1.807) is 0 Å². The van der Waals surface area contributed by atoms with Crippen molar-refractivity contribution in [3.05, 3.63) is 71.8 Å². The third kappa shape index (κ3) is 4.14. The van der Waals surface area contributed by atoms with E-state index in [-0.39, 0.29) is 17.3 Å². The molecular formula is C21H19F3N6O. The van der Waals surface area contributed by atoms with Gasteiger partial charge >= 0.3 is 6.18 Å². The van der Waals surface area contributed by atoms with E-state index in [4.69, 9.17) is 0 Å². The number of nitrogens with one attached hydrogen (secondary N) is 2. The maximum absolute atomic E-state index is 13.3. The summed E-state index contributed by atoms with van der Waals surface area (Å²) in [5.74, 6) is 0.0137. The summed E-state index contributed by atoms with van der Waals surface area (Å²) in [4.78, 5) is 20.5. The molecule has 160 valence electrons. The number of benzene rings is 2. The second kappa shape index (κ2) is 7.86. The Morgan fingerprint density at radius 2 is 1.81 bits per heavy atom. The number of alkyl halides is 3. The Morgan fingerprint density at radius 1 is 1.10 bits per heavy atom. The van der Waals surface area contributed by atoms with Crippen LogP contribution in [0.2, 0.25) is 0 Å². The zero-order chi connectivity index (χ0) is 22.2. The molecule has 2 aromatic carbocycles. The monoisotopic (exact) mass is 428 g/mol. The highest BCUT2D eigenvalue weighted by Crippen LogP contribution is 2.33. The highest BCUT2D eigenvalue weighted by atomic mass is 19.4. The van der Waals surface area contributed by atoms with Gasteiger partial charge in [0.25, 0.3) is 5.91 Å². The van der Waals surface area contributed by atoms with Gasteiger partial charge in [0.1, 0.15) is 5.82 Å². The van der Waals surface area contributed by atoms with Crippen LogP contribution in [-0.4, -0.2) is 30.9 Å². The Labute approximate surface area is 175 Å². The molecule has 0 radical (unpaired) electrons. The van der Waals surface area contributed by atoms with E-state index in [9.17, 15) is 18.0 Å². The van der Waals surface area contributed by atoms with Crippen LogP contribution in [0.15, 0.2) is 54.7 Å². The predicted octanol–water partition coefficient (Wildman–Crippen LogP) is 4.29. The zero-order valence-electron chi connectivity index (χ0n) is 16.7. The maximum Gasteiger partial charge on any atom is 0.418 e. The number of aromatic amines is 1. The molecule has 1 unspecified atom stereocenters. The molecule has 0 aliphatic carbocycles. The van der Waals surface area contributed by atoms with Gasteiger partial charge in [-0.2, -0.15) is 13.2 Å². The number of aromatic nitrogens is 5. The number of para-hydroxylation sites is 3. The molecule has 4 rings (SSSR count). The fraction of sp³-hybridized carbons (Fsp3) is 0.238. The Morgan fingerprint density at radius 3 is 2.52 bits per heavy atom. The SMILES string of the molecule is CC(C)C(NC(=O)c1cn(-c2ccccc2C(F)(F)F)nn1)c1nc2ccccc2[nH]1. The van der Waals surface area contributed by atoms with Crippen molar-refractivity contribution < 1.29 is 18.0 Å². The standard InChI is InChI=1S/C21H19F3N6O/c1-12(2)18(19-25-14-8-4-5-9-15(14)26-19)27-20(31)16-11-30(29-28-16)17-10-6-3-7-13(17)21(22,23)24/h3-12,18H,1-2H3,(H,25,26)(H,27,31). The van der Waals surface area contributed by atoms with Crippen LogP contribution in [0.1, 0.15) is 41.8 Å². The van der Waals surface area contributed by atoms with Crippen LogP contribution in [0.4, 0.5) is 13.2 Å². The molecule has 0 fully saturated rings. The lowest BCUT2D eigenvalue weighted by atomic mass is 10.0. The van der Waals surface area contributed by atoms with Crippen molar-refractivity contribution in [2.45, 2.75) is 26.1 Å². The third-order valence-corrected chi connectivity index (χ3v) is 4.84. The van der Waals surface area contributed by atoms with Gasteiger partial charge in [0.05, 0.1) is 34.5 Å². The molecule has 0 aliphatic heterocycles. The first-order valence-electron chi connectivity index (χ1n) is 9.58. The zero-order valence-corrected chi connectivity index (χ0v) is 16.7. The Balaban J connectivity index is 1.60. The lowest BCUT2D eigenvalue weighted by Gasteiger charge is -2.19. The second-order valence-electron chi connectivity index (χ2n) is 7.40. The van der Waals surface area contributed by atoms with Crippen LogP contribution in [0.3, 0.4) is 0 Å². The number of rotatable bonds is 5. The number of H-pyrrole nitrogens is 1. The highest BCUT2D eigenvalue weighted by molar-refractivity contribution is 5.92. The van der Waals surface area contributed by atoms with Crippen molar-refractivity contribution in [3.63, 3.8) is 0 Å². The van der Waals surface area contributed by atoms with Crippen LogP contribution in [-0.2, 0) is 6.18 Å². The van der Waals surface area contributed by atoms with Crippen molar-refractivity contribution in [2.75, 3.05) is 0 Å². The van der Waals surface area contributed by atoms with Crippen molar-refractivity contribution >= 4 is 16.9 Å². The number of hydrogen-bond donors (Lipinski definition) is 2. The number of imidazole rings is 1. The van der Waals surface area contributed by atoms with Gasteiger partial charge in [-0.3, -0.25) is 4.79 Å². The molecule has 0 saturated carbocycles. The van der Waals surface area contributed by atoms with E-state index in [1.165, 1.54) is 24.4 Å². The summed E-state index contributed by atoms with van der Waals surface area (Å²) in [6.45, 7) is 3.85. The Kier molecular flexibility index (Phi) is 5.22. The number of amides is 1. The number of carbonyl (C=O) groups is 1. The van der Waals surface area contributed by atoms with Gasteiger partial charge in [-0.15, -0.1) is 5.10 Å². The average molecular weight is 428 g/mol. The quantitative estimate of drug-likeness (QED) is 0.496. The lowest BCUT2D eigenvalue weighted by Crippen LogP contribution is -2.32. The van der Waals surface area contributed by atoms with Crippen LogP contribution < -0.4 is 5.32 Å². The highest BCUT2D eigenvalue weighted by Gasteiger charge is 2.34. The number of hydrogen-bond acceptors (Lipinski definition) is 4. The van der Waals surface area contributed by atoms with Crippen LogP contribution in [0, 0.1) is 5.92 Å². The lowest BCUT2D eigenvalue weighted by molar-refractivity contribution is -0.137. The summed E-state index contributed by atoms with van der Waals surface area (Å²) in [5, 5.41) is 10.3. The first-order chi connectivity index (χ1) is 14.7. The molecule has 31 heavy (non-hydrogen) atoms. The van der Waals surface area contributed by atoms with Crippen LogP contribution in [0.5, 0.6) is 0 Å².